The number of rotatable bonds is 2. The Hall–Kier alpha value is -0.840. The molecule has 1 aliphatic carbocycles. The second-order valence-electron chi connectivity index (χ2n) is 3.92. The average molecular weight is 204 g/mol. The van der Waals surface area contributed by atoms with Crippen LogP contribution in [-0.4, -0.2) is 43.4 Å². The van der Waals surface area contributed by atoms with E-state index in [1.165, 1.54) is 0 Å². The zero-order chi connectivity index (χ0) is 10.7. The Balaban J connectivity index is 2.42. The molecule has 0 aromatic carbocycles. The molecule has 3 atom stereocenters. The lowest BCUT2D eigenvalue weighted by Crippen LogP contribution is -2.44. The standard InChI is InChI=1S/C9H17FN2O2/c1-12(2)8-4-3-6(5-7(8)10)14-9(11)13/h6-8H,3-5H2,1-2H3,(H2,11,13). The van der Waals surface area contributed by atoms with Crippen molar-refractivity contribution in [2.24, 2.45) is 5.73 Å². The van der Waals surface area contributed by atoms with Gasteiger partial charge in [0.1, 0.15) is 12.3 Å². The first kappa shape index (κ1) is 11.2. The molecule has 14 heavy (non-hydrogen) atoms. The number of hydrogen-bond acceptors (Lipinski definition) is 3. The zero-order valence-electron chi connectivity index (χ0n) is 8.57. The van der Waals surface area contributed by atoms with Crippen LogP contribution in [0.25, 0.3) is 0 Å². The van der Waals surface area contributed by atoms with Crippen molar-refractivity contribution in [2.45, 2.75) is 37.6 Å². The van der Waals surface area contributed by atoms with E-state index in [0.29, 0.717) is 12.8 Å². The van der Waals surface area contributed by atoms with Gasteiger partial charge in [-0.1, -0.05) is 0 Å². The van der Waals surface area contributed by atoms with Crippen LogP contribution < -0.4 is 5.73 Å². The molecule has 2 N–H and O–H groups in total. The maximum Gasteiger partial charge on any atom is 0.404 e. The van der Waals surface area contributed by atoms with Gasteiger partial charge in [-0.2, -0.15) is 0 Å². The molecular weight excluding hydrogens is 187 g/mol. The number of amides is 1. The van der Waals surface area contributed by atoms with Crippen molar-refractivity contribution in [3.63, 3.8) is 0 Å². The number of carbonyl (C=O) groups excluding carboxylic acids is 1. The number of halogens is 1. The van der Waals surface area contributed by atoms with Crippen LogP contribution in [0.5, 0.6) is 0 Å². The van der Waals surface area contributed by atoms with Crippen LogP contribution in [0.3, 0.4) is 0 Å². The highest BCUT2D eigenvalue weighted by molar-refractivity contribution is 5.64. The fourth-order valence-corrected chi connectivity index (χ4v) is 1.92. The van der Waals surface area contributed by atoms with Crippen LogP contribution in [0.1, 0.15) is 19.3 Å². The summed E-state index contributed by atoms with van der Waals surface area (Å²) in [7, 11) is 3.71. The molecule has 82 valence electrons. The van der Waals surface area contributed by atoms with Gasteiger partial charge < -0.3 is 15.4 Å². The molecule has 0 heterocycles. The van der Waals surface area contributed by atoms with E-state index >= 15 is 0 Å². The summed E-state index contributed by atoms with van der Waals surface area (Å²) in [5, 5.41) is 0. The van der Waals surface area contributed by atoms with Crippen molar-refractivity contribution in [1.29, 1.82) is 0 Å². The van der Waals surface area contributed by atoms with Crippen molar-refractivity contribution in [3.8, 4) is 0 Å². The van der Waals surface area contributed by atoms with Gasteiger partial charge in [0.2, 0.25) is 0 Å². The summed E-state index contributed by atoms with van der Waals surface area (Å²) < 4.78 is 18.3. The van der Waals surface area contributed by atoms with E-state index < -0.39 is 12.3 Å². The smallest absolute Gasteiger partial charge is 0.404 e. The van der Waals surface area contributed by atoms with Crippen LogP contribution in [0.2, 0.25) is 0 Å². The van der Waals surface area contributed by atoms with Gasteiger partial charge in [-0.25, -0.2) is 9.18 Å². The second-order valence-corrected chi connectivity index (χ2v) is 3.92. The third-order valence-corrected chi connectivity index (χ3v) is 2.64. The molecular formula is C9H17FN2O2. The van der Waals surface area contributed by atoms with Crippen molar-refractivity contribution in [2.75, 3.05) is 14.1 Å². The van der Waals surface area contributed by atoms with Crippen LogP contribution >= 0.6 is 0 Å². The molecule has 0 aromatic rings. The van der Waals surface area contributed by atoms with Gasteiger partial charge in [0.15, 0.2) is 0 Å². The molecule has 0 saturated heterocycles. The summed E-state index contributed by atoms with van der Waals surface area (Å²) in [6, 6.07) is -0.0669. The summed E-state index contributed by atoms with van der Waals surface area (Å²) in [5.41, 5.74) is 4.87. The Morgan fingerprint density at radius 2 is 2.14 bits per heavy atom. The zero-order valence-corrected chi connectivity index (χ0v) is 8.57. The third kappa shape index (κ3) is 2.83. The molecule has 0 bridgehead atoms. The number of alkyl halides is 1. The Labute approximate surface area is 83.2 Å². The van der Waals surface area contributed by atoms with E-state index in [0.717, 1.165) is 0 Å². The van der Waals surface area contributed by atoms with E-state index in [4.69, 9.17) is 10.5 Å². The number of carbonyl (C=O) groups is 1. The maximum atomic E-state index is 13.5. The molecule has 1 saturated carbocycles. The monoisotopic (exact) mass is 204 g/mol. The first-order valence-electron chi connectivity index (χ1n) is 4.77. The minimum absolute atomic E-state index is 0.0669. The van der Waals surface area contributed by atoms with Gasteiger partial charge in [0, 0.05) is 12.5 Å². The highest BCUT2D eigenvalue weighted by Crippen LogP contribution is 2.26. The fraction of sp³-hybridized carbons (Fsp3) is 0.889. The Kier molecular flexibility index (Phi) is 3.69. The maximum absolute atomic E-state index is 13.5. The molecule has 0 aromatic heterocycles. The number of ether oxygens (including phenoxy) is 1. The molecule has 0 radical (unpaired) electrons. The lowest BCUT2D eigenvalue weighted by Gasteiger charge is -2.34. The topological polar surface area (TPSA) is 55.6 Å². The van der Waals surface area contributed by atoms with Crippen LogP contribution in [0.15, 0.2) is 0 Å². The van der Waals surface area contributed by atoms with Crippen LogP contribution in [-0.2, 0) is 4.74 Å². The predicted molar refractivity (Wildman–Crippen MR) is 50.7 cm³/mol. The molecule has 0 spiro atoms. The van der Waals surface area contributed by atoms with Crippen molar-refractivity contribution in [1.82, 2.24) is 4.90 Å². The Morgan fingerprint density at radius 1 is 1.50 bits per heavy atom. The van der Waals surface area contributed by atoms with Crippen LogP contribution in [0.4, 0.5) is 9.18 Å². The molecule has 5 heteroatoms. The van der Waals surface area contributed by atoms with Crippen molar-refractivity contribution in [3.05, 3.63) is 0 Å². The third-order valence-electron chi connectivity index (χ3n) is 2.64. The summed E-state index contributed by atoms with van der Waals surface area (Å²) in [6.45, 7) is 0. The predicted octanol–water partition coefficient (Wildman–Crippen LogP) is 0.903. The average Bonchev–Trinajstić information content (AvgIpc) is 2.01. The van der Waals surface area contributed by atoms with Gasteiger partial charge in [-0.15, -0.1) is 0 Å². The first-order valence-corrected chi connectivity index (χ1v) is 4.77. The summed E-state index contributed by atoms with van der Waals surface area (Å²) in [5.74, 6) is 0. The van der Waals surface area contributed by atoms with E-state index in [2.05, 4.69) is 0 Å². The lowest BCUT2D eigenvalue weighted by molar-refractivity contribution is 0.0195. The largest absolute Gasteiger partial charge is 0.446 e. The molecule has 1 amide bonds. The highest BCUT2D eigenvalue weighted by Gasteiger charge is 2.33. The molecule has 4 nitrogen and oxygen atoms in total. The molecule has 1 rings (SSSR count). The van der Waals surface area contributed by atoms with E-state index in [1.807, 2.05) is 19.0 Å². The fourth-order valence-electron chi connectivity index (χ4n) is 1.92. The molecule has 0 aliphatic heterocycles. The number of hydrogen-bond donors (Lipinski definition) is 1. The van der Waals surface area contributed by atoms with Gasteiger partial charge in [-0.3, -0.25) is 0 Å². The lowest BCUT2D eigenvalue weighted by atomic mass is 9.90. The van der Waals surface area contributed by atoms with E-state index in [-0.39, 0.29) is 18.6 Å². The molecule has 1 fully saturated rings. The van der Waals surface area contributed by atoms with E-state index in [9.17, 15) is 9.18 Å². The quantitative estimate of drug-likeness (QED) is 0.727. The summed E-state index contributed by atoms with van der Waals surface area (Å²) in [6.07, 6.45) is -0.461. The van der Waals surface area contributed by atoms with Gasteiger partial charge in [0.05, 0.1) is 0 Å². The first-order chi connectivity index (χ1) is 6.50. The second kappa shape index (κ2) is 4.59. The molecule has 1 aliphatic rings. The Morgan fingerprint density at radius 3 is 2.57 bits per heavy atom. The summed E-state index contributed by atoms with van der Waals surface area (Å²) >= 11 is 0. The van der Waals surface area contributed by atoms with E-state index in [1.54, 1.807) is 0 Å². The molecule has 3 unspecified atom stereocenters. The van der Waals surface area contributed by atoms with Crippen molar-refractivity contribution >= 4 is 6.09 Å². The van der Waals surface area contributed by atoms with Gasteiger partial charge >= 0.3 is 6.09 Å². The van der Waals surface area contributed by atoms with Crippen LogP contribution in [0, 0.1) is 0 Å². The number of nitrogens with zero attached hydrogens (tertiary/aromatic N) is 1. The normalized spacial score (nSPS) is 33.0. The number of nitrogens with two attached hydrogens (primary N) is 1. The SMILES string of the molecule is CN(C)C1CCC(OC(N)=O)CC1F. The minimum Gasteiger partial charge on any atom is -0.446 e. The van der Waals surface area contributed by atoms with Gasteiger partial charge in [-0.05, 0) is 26.9 Å². The summed E-state index contributed by atoms with van der Waals surface area (Å²) in [4.78, 5) is 12.3. The highest BCUT2D eigenvalue weighted by atomic mass is 19.1. The van der Waals surface area contributed by atoms with Gasteiger partial charge in [0.25, 0.3) is 0 Å². The minimum atomic E-state index is -0.942. The van der Waals surface area contributed by atoms with Crippen molar-refractivity contribution < 1.29 is 13.9 Å². The Bertz CT molecular complexity index is 211. The number of primary amides is 1.